The molecule has 1 amide bonds. The van der Waals surface area contributed by atoms with Crippen LogP contribution in [0.3, 0.4) is 0 Å². The molecule has 0 atom stereocenters. The van der Waals surface area contributed by atoms with Crippen LogP contribution < -0.4 is 10.2 Å². The fourth-order valence-electron chi connectivity index (χ4n) is 2.40. The highest BCUT2D eigenvalue weighted by atomic mass is 32.1. The number of nitrogens with one attached hydrogen (secondary N) is 1. The van der Waals surface area contributed by atoms with Gasteiger partial charge in [0.15, 0.2) is 0 Å². The Bertz CT molecular complexity index is 791. The summed E-state index contributed by atoms with van der Waals surface area (Å²) in [4.78, 5) is 15.3. The van der Waals surface area contributed by atoms with Crippen molar-refractivity contribution in [3.8, 4) is 0 Å². The molecule has 124 valence electrons. The molecule has 2 aromatic heterocycles. The minimum Gasteiger partial charge on any atom is -0.378 e. The van der Waals surface area contributed by atoms with E-state index in [4.69, 9.17) is 0 Å². The van der Waals surface area contributed by atoms with Crippen molar-refractivity contribution in [3.05, 3.63) is 64.5 Å². The molecule has 5 nitrogen and oxygen atoms in total. The predicted octanol–water partition coefficient (Wildman–Crippen LogP) is 3.24. The van der Waals surface area contributed by atoms with Gasteiger partial charge in [-0.05, 0) is 29.1 Å². The lowest BCUT2D eigenvalue weighted by atomic mass is 10.2. The topological polar surface area (TPSA) is 50.2 Å². The SMILES string of the molecule is CN(C)c1ccc(Cn2nccc2NC(=O)Cc2cccs2)cc1. The third-order valence-electron chi connectivity index (χ3n) is 3.68. The molecule has 1 aromatic carbocycles. The van der Waals surface area contributed by atoms with Gasteiger partial charge in [0.2, 0.25) is 5.91 Å². The predicted molar refractivity (Wildman–Crippen MR) is 98.8 cm³/mol. The zero-order valence-electron chi connectivity index (χ0n) is 13.8. The van der Waals surface area contributed by atoms with Gasteiger partial charge >= 0.3 is 0 Å². The molecule has 3 rings (SSSR count). The number of thiophene rings is 1. The second-order valence-corrected chi connectivity index (χ2v) is 6.77. The van der Waals surface area contributed by atoms with E-state index in [0.29, 0.717) is 18.8 Å². The van der Waals surface area contributed by atoms with Gasteiger partial charge in [0.25, 0.3) is 0 Å². The molecular weight excluding hydrogens is 320 g/mol. The number of amides is 1. The lowest BCUT2D eigenvalue weighted by Crippen LogP contribution is -2.17. The second kappa shape index (κ2) is 7.31. The van der Waals surface area contributed by atoms with E-state index in [2.05, 4.69) is 39.6 Å². The van der Waals surface area contributed by atoms with Crippen molar-refractivity contribution in [2.45, 2.75) is 13.0 Å². The number of carbonyl (C=O) groups is 1. The fourth-order valence-corrected chi connectivity index (χ4v) is 3.10. The summed E-state index contributed by atoms with van der Waals surface area (Å²) in [6.07, 6.45) is 2.09. The molecule has 0 spiro atoms. The van der Waals surface area contributed by atoms with Gasteiger partial charge in [0.05, 0.1) is 19.2 Å². The molecular formula is C18H20N4OS. The van der Waals surface area contributed by atoms with E-state index in [9.17, 15) is 4.79 Å². The first kappa shape index (κ1) is 16.3. The summed E-state index contributed by atoms with van der Waals surface area (Å²) in [5, 5.41) is 9.23. The highest BCUT2D eigenvalue weighted by molar-refractivity contribution is 7.10. The minimum absolute atomic E-state index is 0.0258. The lowest BCUT2D eigenvalue weighted by Gasteiger charge is -2.13. The Kier molecular flexibility index (Phi) is 4.96. The average molecular weight is 340 g/mol. The van der Waals surface area contributed by atoms with Gasteiger partial charge in [-0.1, -0.05) is 18.2 Å². The normalized spacial score (nSPS) is 10.6. The van der Waals surface area contributed by atoms with E-state index in [1.807, 2.05) is 37.7 Å². The maximum absolute atomic E-state index is 12.2. The largest absolute Gasteiger partial charge is 0.378 e. The summed E-state index contributed by atoms with van der Waals surface area (Å²) >= 11 is 1.59. The molecule has 0 saturated carbocycles. The molecule has 0 saturated heterocycles. The molecule has 6 heteroatoms. The van der Waals surface area contributed by atoms with Gasteiger partial charge in [-0.2, -0.15) is 5.10 Å². The fraction of sp³-hybridized carbons (Fsp3) is 0.222. The van der Waals surface area contributed by atoms with E-state index >= 15 is 0 Å². The van der Waals surface area contributed by atoms with E-state index in [0.717, 1.165) is 16.1 Å². The van der Waals surface area contributed by atoms with Crippen LogP contribution >= 0.6 is 11.3 Å². The third kappa shape index (κ3) is 4.02. The standard InChI is InChI=1S/C18H20N4OS/c1-21(2)15-7-5-14(6-8-15)13-22-17(9-10-19-22)20-18(23)12-16-4-3-11-24-16/h3-11H,12-13H2,1-2H3,(H,20,23). The highest BCUT2D eigenvalue weighted by Gasteiger charge is 2.09. The molecule has 0 bridgehead atoms. The first-order chi connectivity index (χ1) is 11.6. The molecule has 0 radical (unpaired) electrons. The van der Waals surface area contributed by atoms with Crippen molar-refractivity contribution in [2.75, 3.05) is 24.3 Å². The van der Waals surface area contributed by atoms with E-state index in [1.165, 1.54) is 0 Å². The number of rotatable bonds is 6. The molecule has 0 aliphatic rings. The quantitative estimate of drug-likeness (QED) is 0.749. The van der Waals surface area contributed by atoms with Crippen LogP contribution in [0.2, 0.25) is 0 Å². The van der Waals surface area contributed by atoms with E-state index < -0.39 is 0 Å². The molecule has 2 heterocycles. The van der Waals surface area contributed by atoms with Gasteiger partial charge in [-0.25, -0.2) is 4.68 Å². The van der Waals surface area contributed by atoms with Crippen molar-refractivity contribution < 1.29 is 4.79 Å². The molecule has 24 heavy (non-hydrogen) atoms. The Morgan fingerprint density at radius 3 is 2.67 bits per heavy atom. The summed E-state index contributed by atoms with van der Waals surface area (Å²) < 4.78 is 1.80. The highest BCUT2D eigenvalue weighted by Crippen LogP contribution is 2.16. The van der Waals surface area contributed by atoms with Crippen LogP contribution in [0, 0.1) is 0 Å². The van der Waals surface area contributed by atoms with Gasteiger partial charge in [-0.3, -0.25) is 4.79 Å². The molecule has 0 aliphatic carbocycles. The van der Waals surface area contributed by atoms with Crippen LogP contribution in [0.15, 0.2) is 54.0 Å². The Balaban J connectivity index is 1.65. The van der Waals surface area contributed by atoms with Crippen LogP contribution in [0.1, 0.15) is 10.4 Å². The average Bonchev–Trinajstić information content (AvgIpc) is 3.20. The smallest absolute Gasteiger partial charge is 0.230 e. The van der Waals surface area contributed by atoms with Gasteiger partial charge < -0.3 is 10.2 Å². The number of hydrogen-bond acceptors (Lipinski definition) is 4. The second-order valence-electron chi connectivity index (χ2n) is 5.74. The van der Waals surface area contributed by atoms with Crippen molar-refractivity contribution >= 4 is 28.7 Å². The molecule has 0 fully saturated rings. The summed E-state index contributed by atoms with van der Waals surface area (Å²) in [6, 6.07) is 14.0. The number of aromatic nitrogens is 2. The van der Waals surface area contributed by atoms with Crippen LogP contribution in [-0.2, 0) is 17.8 Å². The summed E-state index contributed by atoms with van der Waals surface area (Å²) in [7, 11) is 4.04. The lowest BCUT2D eigenvalue weighted by molar-refractivity contribution is -0.115. The third-order valence-corrected chi connectivity index (χ3v) is 4.56. The van der Waals surface area contributed by atoms with Crippen molar-refractivity contribution in [1.82, 2.24) is 9.78 Å². The van der Waals surface area contributed by atoms with E-state index in [-0.39, 0.29) is 5.91 Å². The van der Waals surface area contributed by atoms with Crippen molar-refractivity contribution in [3.63, 3.8) is 0 Å². The Morgan fingerprint density at radius 1 is 1.21 bits per heavy atom. The Labute approximate surface area is 145 Å². The monoisotopic (exact) mass is 340 g/mol. The summed E-state index contributed by atoms with van der Waals surface area (Å²) in [5.74, 6) is 0.690. The Morgan fingerprint density at radius 2 is 2.00 bits per heavy atom. The maximum Gasteiger partial charge on any atom is 0.230 e. The number of nitrogens with zero attached hydrogens (tertiary/aromatic N) is 3. The number of benzene rings is 1. The molecule has 1 N–H and O–H groups in total. The minimum atomic E-state index is -0.0258. The van der Waals surface area contributed by atoms with E-state index in [1.54, 1.807) is 22.2 Å². The number of carbonyl (C=O) groups excluding carboxylic acids is 1. The van der Waals surface area contributed by atoms with Gasteiger partial charge in [-0.15, -0.1) is 11.3 Å². The van der Waals surface area contributed by atoms with Crippen LogP contribution in [0.4, 0.5) is 11.5 Å². The van der Waals surface area contributed by atoms with Gasteiger partial charge in [0.1, 0.15) is 5.82 Å². The first-order valence-electron chi connectivity index (χ1n) is 7.72. The number of hydrogen-bond donors (Lipinski definition) is 1. The molecule has 0 aliphatic heterocycles. The molecule has 3 aromatic rings. The van der Waals surface area contributed by atoms with Crippen molar-refractivity contribution in [2.24, 2.45) is 0 Å². The summed E-state index contributed by atoms with van der Waals surface area (Å²) in [6.45, 7) is 0.620. The van der Waals surface area contributed by atoms with Crippen LogP contribution in [0.25, 0.3) is 0 Å². The van der Waals surface area contributed by atoms with Crippen LogP contribution in [0.5, 0.6) is 0 Å². The zero-order valence-corrected chi connectivity index (χ0v) is 14.6. The Hall–Kier alpha value is -2.60. The van der Waals surface area contributed by atoms with Crippen LogP contribution in [-0.4, -0.2) is 29.8 Å². The summed E-state index contributed by atoms with van der Waals surface area (Å²) in [5.41, 5.74) is 2.29. The molecule has 0 unspecified atom stereocenters. The number of anilines is 2. The van der Waals surface area contributed by atoms with Gasteiger partial charge in [0, 0.05) is 30.7 Å². The first-order valence-corrected chi connectivity index (χ1v) is 8.60. The zero-order chi connectivity index (χ0) is 16.9. The van der Waals surface area contributed by atoms with Crippen molar-refractivity contribution in [1.29, 1.82) is 0 Å². The maximum atomic E-state index is 12.2.